The number of fused-ring (bicyclic) bond motifs is 1. The zero-order valence-corrected chi connectivity index (χ0v) is 16.5. The third-order valence-corrected chi connectivity index (χ3v) is 5.95. The summed E-state index contributed by atoms with van der Waals surface area (Å²) in [5.41, 5.74) is 1.01. The topological polar surface area (TPSA) is 85.2 Å². The summed E-state index contributed by atoms with van der Waals surface area (Å²) in [6.07, 6.45) is -0.698. The van der Waals surface area contributed by atoms with Crippen LogP contribution in [0.3, 0.4) is 0 Å². The number of carbonyl (C=O) groups excluding carboxylic acids is 1. The minimum Gasteiger partial charge on any atom is -0.466 e. The Labute approximate surface area is 162 Å². The highest BCUT2D eigenvalue weighted by Crippen LogP contribution is 2.34. The van der Waals surface area contributed by atoms with Gasteiger partial charge in [0.15, 0.2) is 11.9 Å². The molecule has 4 aromatic heterocycles. The first-order valence-corrected chi connectivity index (χ1v) is 10.0. The lowest BCUT2D eigenvalue weighted by atomic mass is 10.2. The van der Waals surface area contributed by atoms with E-state index in [0.29, 0.717) is 33.1 Å². The predicted octanol–water partition coefficient (Wildman–Crippen LogP) is 4.84. The van der Waals surface area contributed by atoms with Crippen LogP contribution in [0.1, 0.15) is 40.7 Å². The molecular weight excluding hydrogens is 384 g/mol. The van der Waals surface area contributed by atoms with Gasteiger partial charge in [-0.1, -0.05) is 6.07 Å². The first kappa shape index (κ1) is 17.7. The van der Waals surface area contributed by atoms with Gasteiger partial charge in [-0.05, 0) is 38.3 Å². The summed E-state index contributed by atoms with van der Waals surface area (Å²) >= 11 is 2.97. The molecule has 6 nitrogen and oxygen atoms in total. The standard InChI is InChI=1S/C19H16N2O4S2/c1-9-7-12(10(2)24-9)19(23)25-11(3)16-20-17(22)15-13(8-27-18(15)21-16)14-5-4-6-26-14/h4-8,11H,1-3H3,(H,20,21,22)/t11-/m0/s1. The Kier molecular flexibility index (Phi) is 4.45. The Balaban J connectivity index is 1.65. The highest BCUT2D eigenvalue weighted by Gasteiger charge is 2.21. The average molecular weight is 400 g/mol. The van der Waals surface area contributed by atoms with Gasteiger partial charge in [-0.25, -0.2) is 9.78 Å². The van der Waals surface area contributed by atoms with E-state index in [-0.39, 0.29) is 5.56 Å². The highest BCUT2D eigenvalue weighted by atomic mass is 32.1. The molecule has 0 aliphatic rings. The summed E-state index contributed by atoms with van der Waals surface area (Å²) < 4.78 is 10.8. The summed E-state index contributed by atoms with van der Waals surface area (Å²) in [7, 11) is 0. The van der Waals surface area contributed by atoms with E-state index in [1.54, 1.807) is 38.2 Å². The normalized spacial score (nSPS) is 12.4. The summed E-state index contributed by atoms with van der Waals surface area (Å²) in [5.74, 6) is 0.948. The van der Waals surface area contributed by atoms with Crippen LogP contribution in [0.15, 0.2) is 38.2 Å². The number of aryl methyl sites for hydroxylation is 2. The first-order chi connectivity index (χ1) is 12.9. The molecule has 0 aliphatic heterocycles. The van der Waals surface area contributed by atoms with Crippen LogP contribution < -0.4 is 5.56 Å². The molecule has 4 aromatic rings. The third kappa shape index (κ3) is 3.22. The maximum absolute atomic E-state index is 12.7. The molecule has 0 bridgehead atoms. The number of rotatable bonds is 4. The Morgan fingerprint density at radius 1 is 1.33 bits per heavy atom. The monoisotopic (exact) mass is 400 g/mol. The number of H-pyrrole nitrogens is 1. The molecule has 0 saturated heterocycles. The van der Waals surface area contributed by atoms with Crippen LogP contribution >= 0.6 is 22.7 Å². The lowest BCUT2D eigenvalue weighted by molar-refractivity contribution is 0.0318. The molecule has 1 atom stereocenters. The van der Waals surface area contributed by atoms with Crippen LogP contribution in [0.25, 0.3) is 20.7 Å². The summed E-state index contributed by atoms with van der Waals surface area (Å²) in [5, 5.41) is 4.46. The third-order valence-electron chi connectivity index (χ3n) is 4.18. The minimum atomic E-state index is -0.698. The number of carbonyl (C=O) groups is 1. The number of thiophene rings is 2. The molecule has 27 heavy (non-hydrogen) atoms. The zero-order chi connectivity index (χ0) is 19.1. The zero-order valence-electron chi connectivity index (χ0n) is 14.9. The van der Waals surface area contributed by atoms with Crippen LogP contribution in [0.4, 0.5) is 0 Å². The summed E-state index contributed by atoms with van der Waals surface area (Å²) in [4.78, 5) is 33.9. The van der Waals surface area contributed by atoms with Gasteiger partial charge in [0.1, 0.15) is 21.9 Å². The van der Waals surface area contributed by atoms with Crippen molar-refractivity contribution >= 4 is 38.9 Å². The fraction of sp³-hybridized carbons (Fsp3) is 0.211. The molecule has 0 amide bonds. The maximum Gasteiger partial charge on any atom is 0.342 e. The Hall–Kier alpha value is -2.71. The number of aromatic nitrogens is 2. The Morgan fingerprint density at radius 2 is 2.15 bits per heavy atom. The van der Waals surface area contributed by atoms with Crippen molar-refractivity contribution in [2.45, 2.75) is 26.9 Å². The SMILES string of the molecule is Cc1cc(C(=O)O[C@@H](C)c2nc3scc(-c4cccs4)c3c(=O)[nH]2)c(C)o1. The van der Waals surface area contributed by atoms with Crippen molar-refractivity contribution in [3.05, 3.63) is 62.2 Å². The molecule has 0 aliphatic carbocycles. The van der Waals surface area contributed by atoms with Crippen LogP contribution in [0, 0.1) is 13.8 Å². The molecule has 8 heteroatoms. The molecule has 0 aromatic carbocycles. The van der Waals surface area contributed by atoms with Gasteiger partial charge in [-0.3, -0.25) is 4.79 Å². The number of ether oxygens (including phenoxy) is 1. The maximum atomic E-state index is 12.7. The Bertz CT molecular complexity index is 1180. The van der Waals surface area contributed by atoms with E-state index in [4.69, 9.17) is 9.15 Å². The molecule has 0 unspecified atom stereocenters. The van der Waals surface area contributed by atoms with E-state index < -0.39 is 12.1 Å². The molecule has 0 radical (unpaired) electrons. The van der Waals surface area contributed by atoms with Crippen molar-refractivity contribution in [3.8, 4) is 10.4 Å². The molecule has 0 fully saturated rings. The molecule has 0 spiro atoms. The van der Waals surface area contributed by atoms with Crippen molar-refractivity contribution in [3.63, 3.8) is 0 Å². The number of furan rings is 1. The second kappa shape index (κ2) is 6.79. The fourth-order valence-electron chi connectivity index (χ4n) is 2.88. The van der Waals surface area contributed by atoms with Crippen LogP contribution in [0.5, 0.6) is 0 Å². The Morgan fingerprint density at radius 3 is 2.81 bits per heavy atom. The van der Waals surface area contributed by atoms with E-state index in [2.05, 4.69) is 9.97 Å². The number of hydrogen-bond acceptors (Lipinski definition) is 7. The van der Waals surface area contributed by atoms with Gasteiger partial charge in [-0.2, -0.15) is 0 Å². The fourth-order valence-corrected chi connectivity index (χ4v) is 4.65. The molecular formula is C19H16N2O4S2. The molecule has 1 N–H and O–H groups in total. The summed E-state index contributed by atoms with van der Waals surface area (Å²) in [6, 6.07) is 5.55. The van der Waals surface area contributed by atoms with Gasteiger partial charge in [0.05, 0.1) is 5.39 Å². The lowest BCUT2D eigenvalue weighted by Crippen LogP contribution is -2.17. The van der Waals surface area contributed by atoms with Gasteiger partial charge in [0.25, 0.3) is 5.56 Å². The van der Waals surface area contributed by atoms with Crippen molar-refractivity contribution < 1.29 is 13.9 Å². The first-order valence-electron chi connectivity index (χ1n) is 8.27. The smallest absolute Gasteiger partial charge is 0.342 e. The van der Waals surface area contributed by atoms with E-state index in [0.717, 1.165) is 10.4 Å². The molecule has 4 heterocycles. The summed E-state index contributed by atoms with van der Waals surface area (Å²) in [6.45, 7) is 5.15. The molecule has 4 rings (SSSR count). The number of nitrogens with one attached hydrogen (secondary N) is 1. The van der Waals surface area contributed by atoms with Crippen molar-refractivity contribution in [1.29, 1.82) is 0 Å². The minimum absolute atomic E-state index is 0.238. The van der Waals surface area contributed by atoms with E-state index in [9.17, 15) is 9.59 Å². The molecule has 0 saturated carbocycles. The second-order valence-electron chi connectivity index (χ2n) is 6.13. The van der Waals surface area contributed by atoms with E-state index >= 15 is 0 Å². The molecule has 138 valence electrons. The van der Waals surface area contributed by atoms with Crippen LogP contribution in [0.2, 0.25) is 0 Å². The van der Waals surface area contributed by atoms with Gasteiger partial charge in [0.2, 0.25) is 0 Å². The van der Waals surface area contributed by atoms with Gasteiger partial charge >= 0.3 is 5.97 Å². The van der Waals surface area contributed by atoms with Gasteiger partial charge < -0.3 is 14.1 Å². The number of aromatic amines is 1. The highest BCUT2D eigenvalue weighted by molar-refractivity contribution is 7.18. The quantitative estimate of drug-likeness (QED) is 0.495. The number of esters is 1. The second-order valence-corrected chi connectivity index (χ2v) is 7.94. The van der Waals surface area contributed by atoms with Crippen molar-refractivity contribution in [2.75, 3.05) is 0 Å². The van der Waals surface area contributed by atoms with Gasteiger partial charge in [-0.15, -0.1) is 22.7 Å². The number of hydrogen-bond donors (Lipinski definition) is 1. The van der Waals surface area contributed by atoms with E-state index in [1.807, 2.05) is 22.9 Å². The van der Waals surface area contributed by atoms with Crippen LogP contribution in [-0.4, -0.2) is 15.9 Å². The number of nitrogens with zero attached hydrogens (tertiary/aromatic N) is 1. The van der Waals surface area contributed by atoms with Crippen molar-refractivity contribution in [2.24, 2.45) is 0 Å². The lowest BCUT2D eigenvalue weighted by Gasteiger charge is -2.12. The largest absolute Gasteiger partial charge is 0.466 e. The van der Waals surface area contributed by atoms with Crippen molar-refractivity contribution in [1.82, 2.24) is 9.97 Å². The average Bonchev–Trinajstić information content (AvgIpc) is 3.33. The van der Waals surface area contributed by atoms with Crippen LogP contribution in [-0.2, 0) is 4.74 Å². The van der Waals surface area contributed by atoms with Gasteiger partial charge in [0, 0.05) is 15.8 Å². The van der Waals surface area contributed by atoms with E-state index in [1.165, 1.54) is 11.3 Å². The predicted molar refractivity (Wildman–Crippen MR) is 106 cm³/mol.